The summed E-state index contributed by atoms with van der Waals surface area (Å²) in [5.41, 5.74) is 3.31. The van der Waals surface area contributed by atoms with Crippen molar-refractivity contribution in [3.8, 4) is 17.6 Å². The molecule has 3 aromatic rings. The molecule has 0 spiro atoms. The lowest BCUT2D eigenvalue weighted by molar-refractivity contribution is -0.199. The molecule has 13 nitrogen and oxygen atoms in total. The average molecular weight is 814 g/mol. The number of benzene rings is 2. The highest BCUT2D eigenvalue weighted by molar-refractivity contribution is 6.33. The fraction of sp³-hybridized carbons (Fsp3) is 0.444. The number of rotatable bonds is 6. The number of carbonyl (C=O) groups excluding carboxylic acids is 5. The lowest BCUT2D eigenvalue weighted by atomic mass is 9.49. The van der Waals surface area contributed by atoms with E-state index in [9.17, 15) is 24.0 Å². The smallest absolute Gasteiger partial charge is 0.262 e. The number of hydrogen-bond donors (Lipinski definition) is 1. The maximum atomic E-state index is 13.8. The molecule has 59 heavy (non-hydrogen) atoms. The molecule has 1 aromatic heterocycles. The van der Waals surface area contributed by atoms with E-state index in [1.165, 1.54) is 0 Å². The van der Waals surface area contributed by atoms with Crippen molar-refractivity contribution in [2.45, 2.75) is 84.2 Å². The zero-order valence-corrected chi connectivity index (χ0v) is 34.1. The summed E-state index contributed by atoms with van der Waals surface area (Å²) in [7, 11) is 0. The van der Waals surface area contributed by atoms with Gasteiger partial charge in [-0.05, 0) is 80.2 Å². The predicted octanol–water partition coefficient (Wildman–Crippen LogP) is 5.48. The molecule has 2 aromatic carbocycles. The molecule has 4 fully saturated rings. The molecule has 5 amide bonds. The van der Waals surface area contributed by atoms with Crippen molar-refractivity contribution in [2.75, 3.05) is 31.1 Å². The van der Waals surface area contributed by atoms with Crippen LogP contribution in [0.5, 0.6) is 5.75 Å². The molecule has 6 heterocycles. The maximum Gasteiger partial charge on any atom is 0.262 e. The third kappa shape index (κ3) is 6.43. The summed E-state index contributed by atoms with van der Waals surface area (Å²) in [6.07, 6.45) is 3.58. The predicted molar refractivity (Wildman–Crippen MR) is 218 cm³/mol. The van der Waals surface area contributed by atoms with Crippen LogP contribution in [0.4, 0.5) is 11.4 Å². The number of ether oxygens (including phenoxy) is 1. The Bertz CT molecular complexity index is 2440. The topological polar surface area (TPSA) is 137 Å². The molecule has 1 aliphatic carbocycles. The Labute approximate surface area is 347 Å². The van der Waals surface area contributed by atoms with E-state index < -0.39 is 29.7 Å². The van der Waals surface area contributed by atoms with Gasteiger partial charge in [-0.2, -0.15) is 0 Å². The Hall–Kier alpha value is -5.76. The van der Waals surface area contributed by atoms with Crippen LogP contribution < -0.4 is 15.0 Å². The highest BCUT2D eigenvalue weighted by atomic mass is 35.5. The van der Waals surface area contributed by atoms with Crippen LogP contribution in [0.25, 0.3) is 4.85 Å². The van der Waals surface area contributed by atoms with Crippen molar-refractivity contribution in [2.24, 2.45) is 16.7 Å². The van der Waals surface area contributed by atoms with Gasteiger partial charge in [0.1, 0.15) is 23.6 Å². The van der Waals surface area contributed by atoms with Gasteiger partial charge < -0.3 is 14.5 Å². The van der Waals surface area contributed by atoms with Crippen molar-refractivity contribution in [1.29, 1.82) is 0 Å². The van der Waals surface area contributed by atoms with Crippen LogP contribution in [0, 0.1) is 35.2 Å². The number of piperidine rings is 2. The average Bonchev–Trinajstić information content (AvgIpc) is 3.62. The van der Waals surface area contributed by atoms with Crippen molar-refractivity contribution in [3.63, 3.8) is 0 Å². The van der Waals surface area contributed by atoms with Crippen LogP contribution >= 0.6 is 11.6 Å². The zero-order chi connectivity index (χ0) is 41.5. The number of fused-ring (bicyclic) bond motifs is 2. The summed E-state index contributed by atoms with van der Waals surface area (Å²) in [6.45, 7) is 19.7. The van der Waals surface area contributed by atoms with E-state index in [1.807, 2.05) is 17.0 Å². The van der Waals surface area contributed by atoms with E-state index in [1.54, 1.807) is 36.5 Å². The van der Waals surface area contributed by atoms with E-state index in [0.29, 0.717) is 45.9 Å². The number of hydrogen-bond acceptors (Lipinski definition) is 9. The van der Waals surface area contributed by atoms with Crippen molar-refractivity contribution in [3.05, 3.63) is 93.0 Å². The number of carbonyl (C=O) groups is 5. The minimum absolute atomic E-state index is 0.0285. The van der Waals surface area contributed by atoms with Gasteiger partial charge in [-0.25, -0.2) is 9.83 Å². The summed E-state index contributed by atoms with van der Waals surface area (Å²) in [5, 5.41) is 2.59. The first-order valence-corrected chi connectivity index (χ1v) is 20.5. The van der Waals surface area contributed by atoms with Gasteiger partial charge in [0.25, 0.3) is 17.7 Å². The van der Waals surface area contributed by atoms with Gasteiger partial charge in [-0.3, -0.25) is 39.1 Å². The Balaban J connectivity index is 0.777. The number of halogens is 1. The van der Waals surface area contributed by atoms with Crippen molar-refractivity contribution < 1.29 is 28.7 Å². The molecule has 3 saturated heterocycles. The third-order valence-electron chi connectivity index (χ3n) is 13.3. The number of nitrogens with one attached hydrogen (secondary N) is 1. The van der Waals surface area contributed by atoms with Crippen LogP contribution in [-0.4, -0.2) is 99.6 Å². The monoisotopic (exact) mass is 813 g/mol. The highest BCUT2D eigenvalue weighted by Gasteiger charge is 2.67. The van der Waals surface area contributed by atoms with E-state index in [-0.39, 0.29) is 53.2 Å². The van der Waals surface area contributed by atoms with E-state index in [2.05, 4.69) is 64.5 Å². The minimum Gasteiger partial charge on any atom is -0.489 e. The molecular formula is C45H44ClN7O6. The first kappa shape index (κ1) is 38.7. The minimum atomic E-state index is -0.982. The summed E-state index contributed by atoms with van der Waals surface area (Å²) in [5.74, 6) is 5.57. The van der Waals surface area contributed by atoms with Crippen molar-refractivity contribution in [1.82, 2.24) is 25.0 Å². The Kier molecular flexibility index (Phi) is 9.33. The molecule has 1 atom stereocenters. The molecule has 6 aliphatic rings. The molecule has 0 radical (unpaired) electrons. The lowest BCUT2D eigenvalue weighted by Crippen LogP contribution is -2.74. The summed E-state index contributed by atoms with van der Waals surface area (Å²) >= 11 is 6.29. The molecule has 14 heteroatoms. The Morgan fingerprint density at radius 3 is 2.32 bits per heavy atom. The summed E-state index contributed by atoms with van der Waals surface area (Å²) < 4.78 is 6.47. The largest absolute Gasteiger partial charge is 0.489 e. The van der Waals surface area contributed by atoms with Gasteiger partial charge in [0.05, 0.1) is 28.3 Å². The Morgan fingerprint density at radius 2 is 1.63 bits per heavy atom. The van der Waals surface area contributed by atoms with E-state index in [4.69, 9.17) is 22.9 Å². The van der Waals surface area contributed by atoms with E-state index in [0.717, 1.165) is 55.2 Å². The zero-order valence-electron chi connectivity index (χ0n) is 33.4. The van der Waals surface area contributed by atoms with Gasteiger partial charge in [0.15, 0.2) is 0 Å². The number of aromatic nitrogens is 1. The molecule has 1 N–H and O–H groups in total. The maximum absolute atomic E-state index is 13.8. The molecule has 5 aliphatic heterocycles. The number of amides is 5. The normalized spacial score (nSPS) is 25.1. The molecule has 1 saturated carbocycles. The number of likely N-dealkylation sites (tertiary alicyclic amines) is 1. The number of anilines is 1. The molecule has 302 valence electrons. The second kappa shape index (κ2) is 14.2. The van der Waals surface area contributed by atoms with Crippen LogP contribution in [0.15, 0.2) is 48.7 Å². The molecule has 1 unspecified atom stereocenters. The van der Waals surface area contributed by atoms with Gasteiger partial charge >= 0.3 is 0 Å². The first-order valence-electron chi connectivity index (χ1n) is 20.2. The van der Waals surface area contributed by atoms with Gasteiger partial charge in [0.2, 0.25) is 17.5 Å². The molecule has 0 bridgehead atoms. The first-order chi connectivity index (χ1) is 28.1. The second-order valence-corrected chi connectivity index (χ2v) is 18.2. The van der Waals surface area contributed by atoms with Crippen LogP contribution in [0.1, 0.15) is 95.7 Å². The van der Waals surface area contributed by atoms with Crippen LogP contribution in [0.2, 0.25) is 5.02 Å². The van der Waals surface area contributed by atoms with Gasteiger partial charge in [-0.1, -0.05) is 51.3 Å². The second-order valence-electron chi connectivity index (χ2n) is 17.7. The van der Waals surface area contributed by atoms with Crippen molar-refractivity contribution >= 4 is 52.5 Å². The van der Waals surface area contributed by atoms with Gasteiger partial charge in [-0.15, -0.1) is 0 Å². The molecule has 9 rings (SSSR count). The fourth-order valence-corrected chi connectivity index (χ4v) is 10.9. The summed E-state index contributed by atoms with van der Waals surface area (Å²) in [6, 6.07) is 11.7. The van der Waals surface area contributed by atoms with Gasteiger partial charge in [0, 0.05) is 66.8 Å². The number of nitrogens with zero attached hydrogens (tertiary/aromatic N) is 6. The fourth-order valence-electron chi connectivity index (χ4n) is 10.6. The number of pyridine rings is 1. The number of imide groups is 2. The lowest BCUT2D eigenvalue weighted by Gasteiger charge is -2.65. The summed E-state index contributed by atoms with van der Waals surface area (Å²) in [4.78, 5) is 79.9. The highest BCUT2D eigenvalue weighted by Crippen LogP contribution is 2.59. The standard InChI is InChI=1S/C45H44ClN7O6/c1-44(2)42(45(3,4)43(44)59-30-9-11-35(47-5)34(46)20-30)52-22-26-18-27(48-21-33(26)39(52)56)7-6-25-14-16-50(17-15-25)29-23-51(24-29)28-8-10-31-32(19-28)41(58)53(40(31)57)36-12-13-37(54)49-38(36)55/h8-11,18-21,25,29,36,42-43H,12-17,22-24H2,1-4H3,(H,49,54,55). The third-order valence-corrected chi connectivity index (χ3v) is 13.6. The van der Waals surface area contributed by atoms with Crippen LogP contribution in [0.3, 0.4) is 0 Å². The van der Waals surface area contributed by atoms with Crippen LogP contribution in [-0.2, 0) is 16.1 Å². The Morgan fingerprint density at radius 1 is 0.898 bits per heavy atom. The van der Waals surface area contributed by atoms with E-state index >= 15 is 0 Å². The SMILES string of the molecule is [C-]#[N+]c1ccc(OC2C(C)(C)C(N3Cc4cc(C#CC5CCN(C6CN(c7ccc8c(c7)C(=O)N(C7CCC(=O)NC7=O)C8=O)C6)CC5)ncc4C3=O)C2(C)C)cc1Cl. The quantitative estimate of drug-likeness (QED) is 0.195. The molecular weight excluding hydrogens is 770 g/mol.